The number of allylic oxidation sites excluding steroid dienone is 10. The van der Waals surface area contributed by atoms with Crippen molar-refractivity contribution in [3.8, 4) is 12.3 Å². The smallest absolute Gasteiger partial charge is 0.145 e. The second kappa shape index (κ2) is 8.55. The third kappa shape index (κ3) is 3.64. The largest absolute Gasteiger partial charge is 0.293 e. The predicted molar refractivity (Wildman–Crippen MR) is 105 cm³/mol. The van der Waals surface area contributed by atoms with Gasteiger partial charge in [0.25, 0.3) is 0 Å². The molecule has 0 saturated carbocycles. The monoisotopic (exact) mass is 314 g/mol. The van der Waals surface area contributed by atoms with Crippen molar-refractivity contribution in [2.24, 2.45) is 0 Å². The molecule has 0 spiro atoms. The van der Waals surface area contributed by atoms with Crippen molar-refractivity contribution in [1.82, 2.24) is 9.55 Å². The fourth-order valence-corrected chi connectivity index (χ4v) is 2.50. The van der Waals surface area contributed by atoms with E-state index in [9.17, 15) is 0 Å². The first-order valence-electron chi connectivity index (χ1n) is 7.99. The van der Waals surface area contributed by atoms with Gasteiger partial charge in [0.05, 0.1) is 11.0 Å². The number of benzene rings is 1. The molecule has 0 aliphatic rings. The molecule has 0 atom stereocenters. The normalized spacial score (nSPS) is 13.6. The van der Waals surface area contributed by atoms with Crippen molar-refractivity contribution in [2.75, 3.05) is 0 Å². The Morgan fingerprint density at radius 2 is 1.92 bits per heavy atom. The van der Waals surface area contributed by atoms with E-state index >= 15 is 0 Å². The topological polar surface area (TPSA) is 17.8 Å². The van der Waals surface area contributed by atoms with Gasteiger partial charge in [-0.25, -0.2) is 4.98 Å². The molecule has 24 heavy (non-hydrogen) atoms. The number of fused-ring (bicyclic) bond motifs is 1. The third-order valence-electron chi connectivity index (χ3n) is 3.54. The van der Waals surface area contributed by atoms with Crippen LogP contribution in [0.2, 0.25) is 0 Å². The van der Waals surface area contributed by atoms with Crippen LogP contribution in [-0.2, 0) is 0 Å². The molecule has 0 amide bonds. The quantitative estimate of drug-likeness (QED) is 0.517. The van der Waals surface area contributed by atoms with Crippen LogP contribution in [0.4, 0.5) is 0 Å². The van der Waals surface area contributed by atoms with Gasteiger partial charge in [-0.15, -0.1) is 6.42 Å². The predicted octanol–water partition coefficient (Wildman–Crippen LogP) is 5.62. The highest BCUT2D eigenvalue weighted by atomic mass is 15.1. The molecule has 2 rings (SSSR count). The molecule has 0 radical (unpaired) electrons. The fraction of sp³-hybridized carbons (Fsp3) is 0.136. The second-order valence-electron chi connectivity index (χ2n) is 5.12. The van der Waals surface area contributed by atoms with Gasteiger partial charge in [-0.3, -0.25) is 4.57 Å². The molecule has 1 heterocycles. The van der Waals surface area contributed by atoms with Gasteiger partial charge in [-0.1, -0.05) is 54.5 Å². The van der Waals surface area contributed by atoms with Crippen molar-refractivity contribution in [3.63, 3.8) is 0 Å². The number of nitrogens with zero attached hydrogens (tertiary/aromatic N) is 2. The summed E-state index contributed by atoms with van der Waals surface area (Å²) in [5.41, 5.74) is 4.04. The van der Waals surface area contributed by atoms with E-state index < -0.39 is 0 Å². The van der Waals surface area contributed by atoms with Gasteiger partial charge >= 0.3 is 0 Å². The Morgan fingerprint density at radius 3 is 2.58 bits per heavy atom. The van der Waals surface area contributed by atoms with Gasteiger partial charge in [0.15, 0.2) is 0 Å². The first-order valence-corrected chi connectivity index (χ1v) is 7.99. The van der Waals surface area contributed by atoms with Crippen LogP contribution < -0.4 is 0 Å². The van der Waals surface area contributed by atoms with Crippen LogP contribution in [0.15, 0.2) is 72.9 Å². The number of hydrogen-bond donors (Lipinski definition) is 0. The Balaban J connectivity index is 2.80. The highest BCUT2D eigenvalue weighted by molar-refractivity contribution is 5.87. The summed E-state index contributed by atoms with van der Waals surface area (Å²) in [5.74, 6) is 3.45. The zero-order valence-corrected chi connectivity index (χ0v) is 14.4. The van der Waals surface area contributed by atoms with E-state index in [-0.39, 0.29) is 0 Å². The van der Waals surface area contributed by atoms with E-state index in [2.05, 4.69) is 28.7 Å². The maximum atomic E-state index is 5.39. The number of aromatic nitrogens is 2. The number of rotatable bonds is 5. The van der Waals surface area contributed by atoms with Crippen LogP contribution in [0.25, 0.3) is 22.3 Å². The Morgan fingerprint density at radius 1 is 1.12 bits per heavy atom. The van der Waals surface area contributed by atoms with E-state index in [1.807, 2.05) is 69.4 Å². The van der Waals surface area contributed by atoms with Crippen LogP contribution in [0.5, 0.6) is 0 Å². The van der Waals surface area contributed by atoms with Crippen LogP contribution in [0, 0.1) is 12.3 Å². The number of para-hydroxylation sites is 2. The summed E-state index contributed by atoms with van der Waals surface area (Å²) < 4.78 is 2.14. The fourth-order valence-electron chi connectivity index (χ4n) is 2.50. The zero-order chi connectivity index (χ0) is 17.4. The summed E-state index contributed by atoms with van der Waals surface area (Å²) in [5, 5.41) is 0. The van der Waals surface area contributed by atoms with Crippen molar-refractivity contribution >= 4 is 22.3 Å². The molecule has 120 valence electrons. The molecular weight excluding hydrogens is 292 g/mol. The highest BCUT2D eigenvalue weighted by Gasteiger charge is 2.14. The Hall–Kier alpha value is -3.05. The number of hydrogen-bond acceptors (Lipinski definition) is 1. The lowest BCUT2D eigenvalue weighted by molar-refractivity contribution is 1.09. The van der Waals surface area contributed by atoms with Crippen molar-refractivity contribution in [3.05, 3.63) is 78.7 Å². The molecule has 1 aromatic heterocycles. The third-order valence-corrected chi connectivity index (χ3v) is 3.54. The van der Waals surface area contributed by atoms with Crippen molar-refractivity contribution < 1.29 is 0 Å². The maximum Gasteiger partial charge on any atom is 0.145 e. The lowest BCUT2D eigenvalue weighted by atomic mass is 10.2. The van der Waals surface area contributed by atoms with Crippen LogP contribution in [0.1, 0.15) is 26.6 Å². The summed E-state index contributed by atoms with van der Waals surface area (Å²) in [6.07, 6.45) is 21.2. The van der Waals surface area contributed by atoms with Gasteiger partial charge in [-0.05, 0) is 45.1 Å². The van der Waals surface area contributed by atoms with Gasteiger partial charge in [-0.2, -0.15) is 0 Å². The Kier molecular flexibility index (Phi) is 6.16. The van der Waals surface area contributed by atoms with Crippen LogP contribution in [-0.4, -0.2) is 9.55 Å². The Bertz CT molecular complexity index is 894. The van der Waals surface area contributed by atoms with E-state index in [0.29, 0.717) is 0 Å². The summed E-state index contributed by atoms with van der Waals surface area (Å²) >= 11 is 0. The van der Waals surface area contributed by atoms with Gasteiger partial charge in [0.2, 0.25) is 0 Å². The first kappa shape index (κ1) is 17.3. The minimum absolute atomic E-state index is 0.891. The van der Waals surface area contributed by atoms with Gasteiger partial charge in [0, 0.05) is 11.3 Å². The first-order chi connectivity index (χ1) is 11.8. The molecular formula is C22H22N2. The summed E-state index contributed by atoms with van der Waals surface area (Å²) in [4.78, 5) is 4.84. The molecule has 0 fully saturated rings. The molecule has 2 aromatic rings. The lowest BCUT2D eigenvalue weighted by Crippen LogP contribution is -2.00. The summed E-state index contributed by atoms with van der Waals surface area (Å²) in [6, 6.07) is 8.12. The van der Waals surface area contributed by atoms with E-state index in [0.717, 1.165) is 28.1 Å². The minimum atomic E-state index is 0.891. The molecule has 0 aliphatic carbocycles. The summed E-state index contributed by atoms with van der Waals surface area (Å²) in [7, 11) is 0. The SMILES string of the molecule is C#C/C=C\C(=C/C)n1c(C(/C=C\C)=C/C=C\C)nc2ccccc21. The number of imidazole rings is 1. The minimum Gasteiger partial charge on any atom is -0.293 e. The van der Waals surface area contributed by atoms with E-state index in [1.165, 1.54) is 0 Å². The average Bonchev–Trinajstić information content (AvgIpc) is 2.99. The maximum absolute atomic E-state index is 5.39. The zero-order valence-electron chi connectivity index (χ0n) is 14.4. The standard InChI is InChI=1S/C22H22N2/c1-5-9-14-18(13-7-3)22-23-20-16-11-12-17-21(20)24(22)19(8-4)15-10-6-2/h2,5,7-17H,1,3-4H3/b9-5-,13-7-,15-10-,18-14+,19-8+. The second-order valence-corrected chi connectivity index (χ2v) is 5.12. The average molecular weight is 314 g/mol. The highest BCUT2D eigenvalue weighted by Crippen LogP contribution is 2.27. The van der Waals surface area contributed by atoms with Crippen LogP contribution >= 0.6 is 0 Å². The van der Waals surface area contributed by atoms with Crippen LogP contribution in [0.3, 0.4) is 0 Å². The molecule has 0 aliphatic heterocycles. The van der Waals surface area contributed by atoms with Gasteiger partial charge in [0.1, 0.15) is 5.82 Å². The van der Waals surface area contributed by atoms with Crippen molar-refractivity contribution in [1.29, 1.82) is 0 Å². The Labute approximate surface area is 144 Å². The van der Waals surface area contributed by atoms with Gasteiger partial charge < -0.3 is 0 Å². The molecule has 0 bridgehead atoms. The molecule has 1 aromatic carbocycles. The molecule has 2 nitrogen and oxygen atoms in total. The molecule has 2 heteroatoms. The number of terminal acetylenes is 1. The molecule has 0 N–H and O–H groups in total. The summed E-state index contributed by atoms with van der Waals surface area (Å²) in [6.45, 7) is 6.00. The van der Waals surface area contributed by atoms with E-state index in [1.54, 1.807) is 6.08 Å². The lowest BCUT2D eigenvalue weighted by Gasteiger charge is -2.10. The molecule has 0 saturated heterocycles. The van der Waals surface area contributed by atoms with Crippen molar-refractivity contribution in [2.45, 2.75) is 20.8 Å². The van der Waals surface area contributed by atoms with E-state index in [4.69, 9.17) is 11.4 Å². The molecule has 0 unspecified atom stereocenters.